The number of benzene rings is 1. The molecule has 2 unspecified atom stereocenters. The molecule has 0 N–H and O–H groups in total. The largest absolute Gasteiger partial charge is 0.368 e. The number of fused-ring (bicyclic) bond motifs is 1. The minimum Gasteiger partial charge on any atom is -0.368 e. The zero-order valence-electron chi connectivity index (χ0n) is 13.0. The molecule has 0 spiro atoms. The van der Waals surface area contributed by atoms with E-state index in [1.807, 2.05) is 0 Å². The lowest BCUT2D eigenvalue weighted by Crippen LogP contribution is -2.27. The van der Waals surface area contributed by atoms with Crippen molar-refractivity contribution in [1.82, 2.24) is 9.78 Å². The van der Waals surface area contributed by atoms with Crippen LogP contribution in [0.2, 0.25) is 10.0 Å². The minimum absolute atomic E-state index is 0.228. The second-order valence-corrected chi connectivity index (χ2v) is 7.22. The number of rotatable bonds is 2. The molecule has 0 radical (unpaired) electrons. The third kappa shape index (κ3) is 2.74. The van der Waals surface area contributed by atoms with E-state index in [0.29, 0.717) is 22.5 Å². The molecule has 2 atom stereocenters. The zero-order valence-corrected chi connectivity index (χ0v) is 14.5. The fourth-order valence-electron chi connectivity index (χ4n) is 3.62. The van der Waals surface area contributed by atoms with Crippen LogP contribution in [0.1, 0.15) is 12.8 Å². The van der Waals surface area contributed by atoms with E-state index in [0.717, 1.165) is 31.6 Å². The van der Waals surface area contributed by atoms with Gasteiger partial charge in [0, 0.05) is 18.1 Å². The Hall–Kier alpha value is -1.78. The molecule has 1 saturated heterocycles. The van der Waals surface area contributed by atoms with Crippen LogP contribution >= 0.6 is 23.2 Å². The van der Waals surface area contributed by atoms with Crippen LogP contribution in [0.25, 0.3) is 5.69 Å². The first-order valence-corrected chi connectivity index (χ1v) is 8.83. The average molecular weight is 362 g/mol. The van der Waals surface area contributed by atoms with E-state index in [1.54, 1.807) is 30.5 Å². The van der Waals surface area contributed by atoms with Crippen molar-refractivity contribution in [2.45, 2.75) is 12.8 Å². The van der Waals surface area contributed by atoms with E-state index < -0.39 is 0 Å². The van der Waals surface area contributed by atoms with Crippen molar-refractivity contribution in [2.24, 2.45) is 11.8 Å². The molecule has 0 saturated carbocycles. The van der Waals surface area contributed by atoms with Crippen LogP contribution in [0, 0.1) is 11.8 Å². The van der Waals surface area contributed by atoms with Crippen molar-refractivity contribution in [3.63, 3.8) is 0 Å². The second-order valence-electron chi connectivity index (χ2n) is 6.41. The molecular weight excluding hydrogens is 345 g/mol. The van der Waals surface area contributed by atoms with Gasteiger partial charge in [-0.1, -0.05) is 35.4 Å². The highest BCUT2D eigenvalue weighted by atomic mass is 35.5. The van der Waals surface area contributed by atoms with Crippen molar-refractivity contribution in [3.8, 4) is 5.69 Å². The van der Waals surface area contributed by atoms with E-state index in [-0.39, 0.29) is 10.6 Å². The Labute approximate surface area is 150 Å². The number of allylic oxidation sites excluding steroid dienone is 2. The third-order valence-corrected chi connectivity index (χ3v) is 5.54. The van der Waals surface area contributed by atoms with Gasteiger partial charge in [-0.05, 0) is 48.9 Å². The summed E-state index contributed by atoms with van der Waals surface area (Å²) in [4.78, 5) is 14.8. The van der Waals surface area contributed by atoms with Gasteiger partial charge in [0.05, 0.1) is 17.6 Å². The summed E-state index contributed by atoms with van der Waals surface area (Å²) in [6, 6.07) is 6.96. The summed E-state index contributed by atoms with van der Waals surface area (Å²) < 4.78 is 1.31. The molecule has 2 aromatic rings. The van der Waals surface area contributed by atoms with Gasteiger partial charge in [0.15, 0.2) is 0 Å². The van der Waals surface area contributed by atoms with Crippen molar-refractivity contribution < 1.29 is 0 Å². The Morgan fingerprint density at radius 3 is 2.25 bits per heavy atom. The highest BCUT2D eigenvalue weighted by molar-refractivity contribution is 6.33. The van der Waals surface area contributed by atoms with Gasteiger partial charge in [-0.3, -0.25) is 4.79 Å². The lowest BCUT2D eigenvalue weighted by molar-refractivity contribution is 0.411. The lowest BCUT2D eigenvalue weighted by Gasteiger charge is -2.19. The summed E-state index contributed by atoms with van der Waals surface area (Å²) in [5.41, 5.74) is 1.09. The van der Waals surface area contributed by atoms with Crippen molar-refractivity contribution in [3.05, 3.63) is 63.0 Å². The van der Waals surface area contributed by atoms with Gasteiger partial charge in [-0.25, -0.2) is 0 Å². The molecule has 1 aromatic carbocycles. The Bertz CT molecular complexity index is 828. The maximum absolute atomic E-state index is 12.6. The minimum atomic E-state index is -0.301. The first-order chi connectivity index (χ1) is 11.6. The van der Waals surface area contributed by atoms with Crippen LogP contribution < -0.4 is 10.5 Å². The molecule has 1 aliphatic heterocycles. The van der Waals surface area contributed by atoms with Crippen molar-refractivity contribution >= 4 is 28.9 Å². The Kier molecular flexibility index (Phi) is 4.10. The summed E-state index contributed by atoms with van der Waals surface area (Å²) in [7, 11) is 0. The molecule has 1 aromatic heterocycles. The molecule has 0 bridgehead atoms. The van der Waals surface area contributed by atoms with E-state index in [2.05, 4.69) is 22.2 Å². The van der Waals surface area contributed by atoms with E-state index in [9.17, 15) is 4.79 Å². The van der Waals surface area contributed by atoms with Crippen molar-refractivity contribution in [2.75, 3.05) is 18.0 Å². The first kappa shape index (κ1) is 15.7. The monoisotopic (exact) mass is 361 g/mol. The fraction of sp³-hybridized carbons (Fsp3) is 0.333. The molecule has 2 heterocycles. The lowest BCUT2D eigenvalue weighted by atomic mass is 9.86. The number of aromatic nitrogens is 2. The maximum Gasteiger partial charge on any atom is 0.292 e. The van der Waals surface area contributed by atoms with Crippen LogP contribution in [0.15, 0.2) is 47.4 Å². The molecular formula is C18H17Cl2N3O. The number of hydrogen-bond acceptors (Lipinski definition) is 3. The summed E-state index contributed by atoms with van der Waals surface area (Å²) in [6.45, 7) is 1.86. The van der Waals surface area contributed by atoms with E-state index in [1.165, 1.54) is 4.68 Å². The molecule has 4 nitrogen and oxygen atoms in total. The topological polar surface area (TPSA) is 38.1 Å². The molecule has 4 rings (SSSR count). The summed E-state index contributed by atoms with van der Waals surface area (Å²) >= 11 is 12.3. The van der Waals surface area contributed by atoms with Crippen LogP contribution in [0.5, 0.6) is 0 Å². The van der Waals surface area contributed by atoms with Crippen LogP contribution in [0.3, 0.4) is 0 Å². The molecule has 124 valence electrons. The Morgan fingerprint density at radius 2 is 1.62 bits per heavy atom. The predicted molar refractivity (Wildman–Crippen MR) is 97.4 cm³/mol. The highest BCUT2D eigenvalue weighted by Gasteiger charge is 2.34. The Balaban J connectivity index is 1.66. The standard InChI is InChI=1S/C18H17Cl2N3O/c19-14-5-7-15(8-6-14)23-18(24)17(20)16(9-21-23)22-10-12-3-1-2-4-13(12)11-22/h1-2,5-9,12-13H,3-4,10-11H2. The van der Waals surface area contributed by atoms with E-state index in [4.69, 9.17) is 23.2 Å². The Morgan fingerprint density at radius 1 is 1.00 bits per heavy atom. The summed E-state index contributed by atoms with van der Waals surface area (Å²) in [6.07, 6.45) is 8.41. The maximum atomic E-state index is 12.6. The van der Waals surface area contributed by atoms with Crippen LogP contribution in [0.4, 0.5) is 5.69 Å². The molecule has 24 heavy (non-hydrogen) atoms. The fourth-order valence-corrected chi connectivity index (χ4v) is 4.00. The molecule has 0 amide bonds. The number of nitrogens with zero attached hydrogens (tertiary/aromatic N) is 3. The van der Waals surface area contributed by atoms with Crippen LogP contribution in [-0.2, 0) is 0 Å². The smallest absolute Gasteiger partial charge is 0.292 e. The quantitative estimate of drug-likeness (QED) is 0.760. The number of halogens is 2. The van der Waals surface area contributed by atoms with Gasteiger partial charge in [0.1, 0.15) is 5.02 Å². The number of hydrogen-bond donors (Lipinski definition) is 0. The van der Waals surface area contributed by atoms with Gasteiger partial charge in [-0.15, -0.1) is 0 Å². The van der Waals surface area contributed by atoms with Gasteiger partial charge in [0.2, 0.25) is 0 Å². The zero-order chi connectivity index (χ0) is 16.7. The van der Waals surface area contributed by atoms with Gasteiger partial charge in [-0.2, -0.15) is 9.78 Å². The van der Waals surface area contributed by atoms with Gasteiger partial charge in [0.25, 0.3) is 5.56 Å². The molecule has 1 aliphatic carbocycles. The van der Waals surface area contributed by atoms with Gasteiger partial charge >= 0.3 is 0 Å². The molecule has 2 aliphatic rings. The summed E-state index contributed by atoms with van der Waals surface area (Å²) in [5.74, 6) is 1.29. The SMILES string of the molecule is O=c1c(Cl)c(N2CC3CC=CCC3C2)cnn1-c1ccc(Cl)cc1. The van der Waals surface area contributed by atoms with E-state index >= 15 is 0 Å². The predicted octanol–water partition coefficient (Wildman–Crippen LogP) is 3.94. The number of anilines is 1. The average Bonchev–Trinajstić information content (AvgIpc) is 3.02. The summed E-state index contributed by atoms with van der Waals surface area (Å²) in [5, 5.41) is 5.16. The van der Waals surface area contributed by atoms with Crippen molar-refractivity contribution in [1.29, 1.82) is 0 Å². The highest BCUT2D eigenvalue weighted by Crippen LogP contribution is 2.36. The second kappa shape index (κ2) is 6.26. The molecule has 1 fully saturated rings. The third-order valence-electron chi connectivity index (χ3n) is 4.93. The first-order valence-electron chi connectivity index (χ1n) is 8.07. The normalized spacial score (nSPS) is 22.7. The molecule has 6 heteroatoms. The van der Waals surface area contributed by atoms with Crippen LogP contribution in [-0.4, -0.2) is 22.9 Å². The van der Waals surface area contributed by atoms with Gasteiger partial charge < -0.3 is 4.90 Å².